The second-order valence-corrected chi connectivity index (χ2v) is 8.68. The summed E-state index contributed by atoms with van der Waals surface area (Å²) < 4.78 is 0. The molecular weight excluding hydrogens is 378 g/mol. The molecule has 30 heavy (non-hydrogen) atoms. The zero-order chi connectivity index (χ0) is 21.5. The summed E-state index contributed by atoms with van der Waals surface area (Å²) in [5.74, 6) is 0.0992. The van der Waals surface area contributed by atoms with E-state index in [4.69, 9.17) is 0 Å². The van der Waals surface area contributed by atoms with Crippen molar-refractivity contribution in [1.82, 2.24) is 24.9 Å². The van der Waals surface area contributed by atoms with E-state index in [1.807, 2.05) is 4.90 Å². The molecule has 0 spiro atoms. The van der Waals surface area contributed by atoms with E-state index >= 15 is 0 Å². The lowest BCUT2D eigenvalue weighted by molar-refractivity contribution is -0.126. The zero-order valence-corrected chi connectivity index (χ0v) is 18.8. The van der Waals surface area contributed by atoms with Crippen LogP contribution >= 0.6 is 0 Å². The number of carbonyl (C=O) groups excluding carboxylic acids is 2. The van der Waals surface area contributed by atoms with Crippen molar-refractivity contribution >= 4 is 11.9 Å². The smallest absolute Gasteiger partial charge is 0.319 e. The highest BCUT2D eigenvalue weighted by Crippen LogP contribution is 2.18. The summed E-state index contributed by atoms with van der Waals surface area (Å²) >= 11 is 0. The minimum Gasteiger partial charge on any atom is -0.352 e. The van der Waals surface area contributed by atoms with Crippen molar-refractivity contribution in [2.45, 2.75) is 32.9 Å². The number of likely N-dealkylation sites (N-methyl/N-ethyl adjacent to an activating group) is 1. The number of urea groups is 1. The van der Waals surface area contributed by atoms with Gasteiger partial charge in [-0.25, -0.2) is 4.79 Å². The Balaban J connectivity index is 1.39. The van der Waals surface area contributed by atoms with Crippen LogP contribution in [-0.2, 0) is 17.9 Å². The molecule has 1 aromatic rings. The fourth-order valence-electron chi connectivity index (χ4n) is 4.23. The summed E-state index contributed by atoms with van der Waals surface area (Å²) in [7, 11) is 3.53. The molecule has 2 heterocycles. The van der Waals surface area contributed by atoms with E-state index in [1.54, 1.807) is 19.0 Å². The van der Waals surface area contributed by atoms with E-state index in [9.17, 15) is 9.59 Å². The van der Waals surface area contributed by atoms with Gasteiger partial charge >= 0.3 is 6.03 Å². The molecule has 3 rings (SSSR count). The Kier molecular flexibility index (Phi) is 8.10. The molecule has 0 saturated carbocycles. The number of piperidine rings is 1. The lowest BCUT2D eigenvalue weighted by atomic mass is 9.96. The summed E-state index contributed by atoms with van der Waals surface area (Å²) in [4.78, 5) is 33.0. The Bertz CT molecular complexity index is 690. The Morgan fingerprint density at radius 2 is 1.50 bits per heavy atom. The topological polar surface area (TPSA) is 59.1 Å². The van der Waals surface area contributed by atoms with Gasteiger partial charge in [-0.1, -0.05) is 31.2 Å². The molecule has 0 aromatic heterocycles. The predicted molar refractivity (Wildman–Crippen MR) is 119 cm³/mol. The maximum atomic E-state index is 12.5. The van der Waals surface area contributed by atoms with Gasteiger partial charge in [-0.05, 0) is 30.5 Å². The number of piperazine rings is 1. The van der Waals surface area contributed by atoms with Gasteiger partial charge in [0.25, 0.3) is 0 Å². The minimum atomic E-state index is -0.00252. The Morgan fingerprint density at radius 3 is 2.07 bits per heavy atom. The van der Waals surface area contributed by atoms with E-state index in [2.05, 4.69) is 46.3 Å². The van der Waals surface area contributed by atoms with Gasteiger partial charge in [0.15, 0.2) is 0 Å². The number of rotatable bonds is 6. The number of hydrogen-bond acceptors (Lipinski definition) is 4. The van der Waals surface area contributed by atoms with Crippen molar-refractivity contribution in [2.24, 2.45) is 5.92 Å². The summed E-state index contributed by atoms with van der Waals surface area (Å²) in [5, 5.41) is 3.08. The molecule has 3 amide bonds. The number of benzene rings is 1. The molecule has 2 aliphatic rings. The van der Waals surface area contributed by atoms with Gasteiger partial charge in [0.2, 0.25) is 5.91 Å². The fraction of sp³-hybridized carbons (Fsp3) is 0.652. The molecular formula is C23H37N5O2. The van der Waals surface area contributed by atoms with Gasteiger partial charge in [-0.15, -0.1) is 0 Å². The van der Waals surface area contributed by atoms with Crippen LogP contribution in [0.3, 0.4) is 0 Å². The van der Waals surface area contributed by atoms with E-state index in [0.717, 1.165) is 57.7 Å². The van der Waals surface area contributed by atoms with Gasteiger partial charge in [0.05, 0.1) is 0 Å². The van der Waals surface area contributed by atoms with Crippen molar-refractivity contribution < 1.29 is 9.59 Å². The van der Waals surface area contributed by atoms with Crippen molar-refractivity contribution in [3.05, 3.63) is 35.4 Å². The van der Waals surface area contributed by atoms with Crippen molar-refractivity contribution in [3.8, 4) is 0 Å². The van der Waals surface area contributed by atoms with Gasteiger partial charge < -0.3 is 20.0 Å². The van der Waals surface area contributed by atoms with Crippen LogP contribution in [0.15, 0.2) is 24.3 Å². The lowest BCUT2D eigenvalue weighted by Crippen LogP contribution is -2.46. The number of carbonyl (C=O) groups is 2. The molecule has 0 radical (unpaired) electrons. The standard InChI is InChI=1S/C23H37N5O2/c1-4-26-13-15-27(16-14-26)18-20-7-5-19(6-8-20)17-24-22(29)21-9-11-28(12-10-21)23(30)25(2)3/h5-8,21H,4,9-18H2,1-3H3,(H,24,29). The highest BCUT2D eigenvalue weighted by atomic mass is 16.2. The van der Waals surface area contributed by atoms with Gasteiger partial charge in [-0.2, -0.15) is 0 Å². The third kappa shape index (κ3) is 6.19. The molecule has 1 aromatic carbocycles. The largest absolute Gasteiger partial charge is 0.352 e. The van der Waals surface area contributed by atoms with Crippen LogP contribution in [0.1, 0.15) is 30.9 Å². The summed E-state index contributed by atoms with van der Waals surface area (Å²) in [6.45, 7) is 10.8. The zero-order valence-electron chi connectivity index (χ0n) is 18.8. The third-order valence-electron chi connectivity index (χ3n) is 6.33. The fourth-order valence-corrected chi connectivity index (χ4v) is 4.23. The highest BCUT2D eigenvalue weighted by molar-refractivity contribution is 5.79. The van der Waals surface area contributed by atoms with Crippen LogP contribution < -0.4 is 5.32 Å². The van der Waals surface area contributed by atoms with Gasteiger partial charge in [0, 0.05) is 72.4 Å². The second kappa shape index (κ2) is 10.8. The molecule has 166 valence electrons. The third-order valence-corrected chi connectivity index (χ3v) is 6.33. The summed E-state index contributed by atoms with van der Waals surface area (Å²) in [6, 6.07) is 8.63. The number of hydrogen-bond donors (Lipinski definition) is 1. The molecule has 2 saturated heterocycles. The number of amides is 3. The van der Waals surface area contributed by atoms with Crippen molar-refractivity contribution in [3.63, 3.8) is 0 Å². The normalized spacial score (nSPS) is 19.0. The van der Waals surface area contributed by atoms with E-state index in [-0.39, 0.29) is 17.9 Å². The molecule has 0 unspecified atom stereocenters. The first-order valence-corrected chi connectivity index (χ1v) is 11.2. The number of nitrogens with one attached hydrogen (secondary N) is 1. The molecule has 0 bridgehead atoms. The first kappa shape index (κ1) is 22.6. The summed E-state index contributed by atoms with van der Waals surface area (Å²) in [5.41, 5.74) is 2.45. The minimum absolute atomic E-state index is 0.00252. The van der Waals surface area contributed by atoms with E-state index < -0.39 is 0 Å². The molecule has 0 aliphatic carbocycles. The average Bonchev–Trinajstić information content (AvgIpc) is 2.78. The van der Waals surface area contributed by atoms with E-state index in [1.165, 1.54) is 5.56 Å². The number of likely N-dealkylation sites (tertiary alicyclic amines) is 1. The maximum Gasteiger partial charge on any atom is 0.319 e. The maximum absolute atomic E-state index is 12.5. The molecule has 7 heteroatoms. The predicted octanol–water partition coefficient (Wildman–Crippen LogP) is 1.83. The first-order valence-electron chi connectivity index (χ1n) is 11.2. The number of nitrogens with zero attached hydrogens (tertiary/aromatic N) is 4. The quantitative estimate of drug-likeness (QED) is 0.770. The van der Waals surface area contributed by atoms with Crippen molar-refractivity contribution in [2.75, 3.05) is 59.9 Å². The SMILES string of the molecule is CCN1CCN(Cc2ccc(CNC(=O)C3CCN(C(=O)N(C)C)CC3)cc2)CC1. The van der Waals surface area contributed by atoms with Gasteiger partial charge in [-0.3, -0.25) is 9.69 Å². The Hall–Kier alpha value is -2.12. The van der Waals surface area contributed by atoms with Crippen LogP contribution in [0.5, 0.6) is 0 Å². The lowest BCUT2D eigenvalue weighted by Gasteiger charge is -2.34. The van der Waals surface area contributed by atoms with Crippen LogP contribution in [0.4, 0.5) is 4.79 Å². The molecule has 2 fully saturated rings. The Labute approximate surface area is 181 Å². The van der Waals surface area contributed by atoms with Crippen LogP contribution in [0.2, 0.25) is 0 Å². The molecule has 0 atom stereocenters. The average molecular weight is 416 g/mol. The summed E-state index contributed by atoms with van der Waals surface area (Å²) in [6.07, 6.45) is 1.46. The van der Waals surface area contributed by atoms with Crippen LogP contribution in [-0.4, -0.2) is 91.4 Å². The van der Waals surface area contributed by atoms with Crippen molar-refractivity contribution in [1.29, 1.82) is 0 Å². The highest BCUT2D eigenvalue weighted by Gasteiger charge is 2.27. The van der Waals surface area contributed by atoms with Crippen LogP contribution in [0.25, 0.3) is 0 Å². The van der Waals surface area contributed by atoms with Gasteiger partial charge in [0.1, 0.15) is 0 Å². The second-order valence-electron chi connectivity index (χ2n) is 8.68. The first-order chi connectivity index (χ1) is 14.5. The molecule has 2 aliphatic heterocycles. The molecule has 7 nitrogen and oxygen atoms in total. The van der Waals surface area contributed by atoms with E-state index in [0.29, 0.717) is 19.6 Å². The Morgan fingerprint density at radius 1 is 0.933 bits per heavy atom. The van der Waals surface area contributed by atoms with Crippen LogP contribution in [0, 0.1) is 5.92 Å². The molecule has 1 N–H and O–H groups in total. The monoisotopic (exact) mass is 415 g/mol.